The Bertz CT molecular complexity index is 1720. The van der Waals surface area contributed by atoms with Crippen molar-refractivity contribution in [2.75, 3.05) is 26.9 Å². The molecule has 2 aromatic carbocycles. The van der Waals surface area contributed by atoms with Crippen molar-refractivity contribution in [3.05, 3.63) is 119 Å². The van der Waals surface area contributed by atoms with Crippen LogP contribution < -0.4 is 4.74 Å². The Labute approximate surface area is 252 Å². The topological polar surface area (TPSA) is 61.1 Å². The van der Waals surface area contributed by atoms with E-state index in [9.17, 15) is 17.6 Å². The maximum Gasteiger partial charge on any atom is 0.209 e. The highest BCUT2D eigenvalue weighted by atomic mass is 19.2. The number of amidine groups is 1. The van der Waals surface area contributed by atoms with Crippen LogP contribution in [0, 0.1) is 24.4 Å². The van der Waals surface area contributed by atoms with Gasteiger partial charge >= 0.3 is 0 Å². The van der Waals surface area contributed by atoms with Gasteiger partial charge in [0.15, 0.2) is 23.3 Å². The molecular formula is C33H30F4N4O3. The fourth-order valence-electron chi connectivity index (χ4n) is 5.87. The van der Waals surface area contributed by atoms with Crippen LogP contribution in [-0.2, 0) is 9.57 Å². The average molecular weight is 607 g/mol. The van der Waals surface area contributed by atoms with Gasteiger partial charge in [-0.3, -0.25) is 0 Å². The van der Waals surface area contributed by atoms with Crippen molar-refractivity contribution in [1.82, 2.24) is 14.5 Å². The van der Waals surface area contributed by atoms with Gasteiger partial charge in [-0.25, -0.2) is 22.5 Å². The van der Waals surface area contributed by atoms with Crippen LogP contribution in [0.2, 0.25) is 0 Å². The van der Waals surface area contributed by atoms with Gasteiger partial charge in [0.2, 0.25) is 5.60 Å². The summed E-state index contributed by atoms with van der Waals surface area (Å²) in [5.74, 6) is -3.72. The van der Waals surface area contributed by atoms with E-state index < -0.39 is 34.9 Å². The number of hydrogen-bond donors (Lipinski definition) is 0. The zero-order chi connectivity index (χ0) is 31.0. The fourth-order valence-corrected chi connectivity index (χ4v) is 5.87. The number of piperidine rings is 1. The molecule has 3 aliphatic rings. The molecule has 1 saturated heterocycles. The highest BCUT2D eigenvalue weighted by Crippen LogP contribution is 2.47. The molecule has 1 aromatic heterocycles. The monoisotopic (exact) mass is 606 g/mol. The summed E-state index contributed by atoms with van der Waals surface area (Å²) >= 11 is 0. The van der Waals surface area contributed by atoms with E-state index in [2.05, 4.69) is 16.7 Å². The quantitative estimate of drug-likeness (QED) is 0.239. The molecule has 2 atom stereocenters. The standard InChI is InChI=1S/C33H30F4N4O3/c1-20-6-8-25(34)10-12-43-18-33(20)31(24-15-26(35)30(37)27(36)16-24)41-11-4-5-23(32(41)39-44-33)13-22-7-9-28(29(14-22)42-3)40-17-21(2)38-19-40/h6-10,13-17,19,31H,1,4-5,11-12,18H2,2-3H3/b8-6-,23-13+,25-10+/t31-,33?/m0/s1. The summed E-state index contributed by atoms with van der Waals surface area (Å²) in [5.41, 5.74) is 2.19. The minimum Gasteiger partial charge on any atom is -0.495 e. The smallest absolute Gasteiger partial charge is 0.209 e. The zero-order valence-electron chi connectivity index (χ0n) is 24.2. The van der Waals surface area contributed by atoms with E-state index >= 15 is 0 Å². The lowest BCUT2D eigenvalue weighted by atomic mass is 9.79. The Morgan fingerprint density at radius 3 is 2.64 bits per heavy atom. The average Bonchev–Trinajstić information content (AvgIpc) is 3.47. The summed E-state index contributed by atoms with van der Waals surface area (Å²) in [4.78, 5) is 12.4. The van der Waals surface area contributed by atoms with Crippen LogP contribution in [-0.4, -0.2) is 52.8 Å². The molecule has 228 valence electrons. The molecule has 0 saturated carbocycles. The first-order valence-electron chi connectivity index (χ1n) is 14.1. The van der Waals surface area contributed by atoms with Crippen molar-refractivity contribution < 1.29 is 31.9 Å². The summed E-state index contributed by atoms with van der Waals surface area (Å²) in [5, 5.41) is 4.51. The van der Waals surface area contributed by atoms with Crippen LogP contribution in [0.4, 0.5) is 17.6 Å². The lowest BCUT2D eigenvalue weighted by molar-refractivity contribution is -0.122. The summed E-state index contributed by atoms with van der Waals surface area (Å²) in [7, 11) is 1.59. The predicted octanol–water partition coefficient (Wildman–Crippen LogP) is 6.91. The molecule has 44 heavy (non-hydrogen) atoms. The summed E-state index contributed by atoms with van der Waals surface area (Å²) in [6, 6.07) is 6.70. The second-order valence-corrected chi connectivity index (χ2v) is 10.9. The van der Waals surface area contributed by atoms with Gasteiger partial charge in [-0.15, -0.1) is 0 Å². The van der Waals surface area contributed by atoms with Gasteiger partial charge in [-0.1, -0.05) is 23.9 Å². The number of halogens is 4. The number of hydrogen-bond acceptors (Lipinski definition) is 6. The molecule has 0 bridgehead atoms. The second kappa shape index (κ2) is 11.8. The lowest BCUT2D eigenvalue weighted by Gasteiger charge is -2.50. The van der Waals surface area contributed by atoms with Gasteiger partial charge in [0, 0.05) is 12.7 Å². The number of oxime groups is 1. The van der Waals surface area contributed by atoms with E-state index in [0.717, 1.165) is 34.7 Å². The number of methoxy groups -OCH3 is 1. The highest BCUT2D eigenvalue weighted by Gasteiger charge is 2.53. The summed E-state index contributed by atoms with van der Waals surface area (Å²) < 4.78 is 71.0. The van der Waals surface area contributed by atoms with Gasteiger partial charge in [0.05, 0.1) is 38.0 Å². The Hall–Kier alpha value is -4.64. The maximum absolute atomic E-state index is 14.7. The molecule has 0 amide bonds. The number of rotatable bonds is 4. The van der Waals surface area contributed by atoms with E-state index in [1.165, 1.54) is 18.2 Å². The molecule has 0 radical (unpaired) electrons. The molecule has 6 rings (SSSR count). The third-order valence-corrected chi connectivity index (χ3v) is 8.01. The molecule has 3 aliphatic heterocycles. The minimum absolute atomic E-state index is 0.0778. The van der Waals surface area contributed by atoms with Gasteiger partial charge in [0.25, 0.3) is 0 Å². The Morgan fingerprint density at radius 2 is 1.91 bits per heavy atom. The number of aromatic nitrogens is 2. The predicted molar refractivity (Wildman–Crippen MR) is 157 cm³/mol. The van der Waals surface area contributed by atoms with Crippen molar-refractivity contribution in [3.8, 4) is 11.4 Å². The first-order valence-corrected chi connectivity index (χ1v) is 14.1. The first kappa shape index (κ1) is 29.4. The minimum atomic E-state index is -1.58. The number of fused-ring (bicyclic) bond motifs is 1. The van der Waals surface area contributed by atoms with Crippen molar-refractivity contribution in [2.45, 2.75) is 31.4 Å². The van der Waals surface area contributed by atoms with Crippen molar-refractivity contribution in [2.24, 2.45) is 5.16 Å². The van der Waals surface area contributed by atoms with Crippen LogP contribution in [0.1, 0.15) is 35.7 Å². The van der Waals surface area contributed by atoms with Crippen LogP contribution in [0.25, 0.3) is 11.8 Å². The van der Waals surface area contributed by atoms with E-state index in [-0.39, 0.29) is 24.4 Å². The first-order chi connectivity index (χ1) is 21.2. The van der Waals surface area contributed by atoms with Crippen LogP contribution in [0.15, 0.2) is 89.8 Å². The molecule has 1 spiro atoms. The molecule has 0 N–H and O–H groups in total. The SMILES string of the molecule is C=C1/C=C\C(F)=C/COCC12ON=C1/C(=C/c3ccc(-n4cnc(C)c4)c(OC)c3)CCCN1[C@H]2c1cc(F)c(F)c(F)c1. The summed E-state index contributed by atoms with van der Waals surface area (Å²) in [6.45, 7) is 6.21. The normalized spacial score (nSPS) is 24.9. The van der Waals surface area contributed by atoms with Crippen molar-refractivity contribution in [1.29, 1.82) is 0 Å². The molecule has 1 unspecified atom stereocenters. The van der Waals surface area contributed by atoms with E-state index in [4.69, 9.17) is 14.3 Å². The number of aryl methyl sites for hydroxylation is 1. The van der Waals surface area contributed by atoms with Crippen LogP contribution >= 0.6 is 0 Å². The van der Waals surface area contributed by atoms with Gasteiger partial charge < -0.3 is 23.8 Å². The molecule has 1 fully saturated rings. The van der Waals surface area contributed by atoms with E-state index in [0.29, 0.717) is 31.0 Å². The number of imidazole rings is 1. The largest absolute Gasteiger partial charge is 0.495 e. The lowest BCUT2D eigenvalue weighted by Crippen LogP contribution is -2.57. The summed E-state index contributed by atoms with van der Waals surface area (Å²) in [6.07, 6.45) is 10.8. The van der Waals surface area contributed by atoms with Crippen LogP contribution in [0.3, 0.4) is 0 Å². The van der Waals surface area contributed by atoms with Crippen LogP contribution in [0.5, 0.6) is 5.75 Å². The molecule has 11 heteroatoms. The van der Waals surface area contributed by atoms with Crippen molar-refractivity contribution in [3.63, 3.8) is 0 Å². The third kappa shape index (κ3) is 5.32. The Balaban J connectivity index is 1.45. The van der Waals surface area contributed by atoms with E-state index in [1.807, 2.05) is 46.9 Å². The van der Waals surface area contributed by atoms with Gasteiger partial charge in [-0.2, -0.15) is 0 Å². The molecular weight excluding hydrogens is 576 g/mol. The molecule has 0 aliphatic carbocycles. The molecule has 7 nitrogen and oxygen atoms in total. The number of nitrogens with zero attached hydrogens (tertiary/aromatic N) is 4. The Kier molecular flexibility index (Phi) is 7.89. The van der Waals surface area contributed by atoms with Gasteiger partial charge in [0.1, 0.15) is 17.6 Å². The maximum atomic E-state index is 14.7. The fraction of sp³-hybridized carbons (Fsp3) is 0.273. The van der Waals surface area contributed by atoms with E-state index in [1.54, 1.807) is 13.4 Å². The Morgan fingerprint density at radius 1 is 1.11 bits per heavy atom. The third-order valence-electron chi connectivity index (χ3n) is 8.01. The number of ether oxygens (including phenoxy) is 2. The molecule has 3 aromatic rings. The number of benzene rings is 2. The second-order valence-electron chi connectivity index (χ2n) is 10.9. The zero-order valence-corrected chi connectivity index (χ0v) is 24.2. The molecule has 4 heterocycles. The number of allylic oxidation sites excluding steroid dienone is 2. The highest BCUT2D eigenvalue weighted by molar-refractivity contribution is 6.03. The van der Waals surface area contributed by atoms with Gasteiger partial charge in [-0.05, 0) is 84.5 Å². The van der Waals surface area contributed by atoms with Crippen molar-refractivity contribution >= 4 is 11.9 Å².